The largest absolute Gasteiger partial charge is 0.348 e. The highest BCUT2D eigenvalue weighted by Gasteiger charge is 2.15. The maximum absolute atomic E-state index is 12.3. The van der Waals surface area contributed by atoms with Gasteiger partial charge in [0.05, 0.1) is 9.82 Å². The molecule has 130 valence electrons. The third-order valence-corrected chi connectivity index (χ3v) is 5.59. The molecule has 0 fully saturated rings. The van der Waals surface area contributed by atoms with Crippen LogP contribution in [0.15, 0.2) is 53.4 Å². The Labute approximate surface area is 145 Å². The van der Waals surface area contributed by atoms with E-state index in [0.717, 1.165) is 22.2 Å². The van der Waals surface area contributed by atoms with Gasteiger partial charge in [0.15, 0.2) is 0 Å². The van der Waals surface area contributed by atoms with Crippen LogP contribution in [0.1, 0.15) is 11.3 Å². The molecule has 7 nitrogen and oxygen atoms in total. The van der Waals surface area contributed by atoms with Crippen molar-refractivity contribution >= 4 is 26.6 Å². The summed E-state index contributed by atoms with van der Waals surface area (Å²) in [5.74, 6) is 0. The molecule has 25 heavy (non-hydrogen) atoms. The minimum Gasteiger partial charge on any atom is -0.348 e. The number of fused-ring (bicyclic) bond motifs is 1. The molecular formula is C17H17N3O4S. The van der Waals surface area contributed by atoms with Gasteiger partial charge >= 0.3 is 0 Å². The molecule has 0 amide bonds. The van der Waals surface area contributed by atoms with Crippen molar-refractivity contribution in [1.82, 2.24) is 9.29 Å². The summed E-state index contributed by atoms with van der Waals surface area (Å²) in [5.41, 5.74) is 2.89. The average molecular weight is 359 g/mol. The van der Waals surface area contributed by atoms with Crippen molar-refractivity contribution < 1.29 is 13.3 Å². The van der Waals surface area contributed by atoms with Crippen LogP contribution in [0.25, 0.3) is 10.9 Å². The van der Waals surface area contributed by atoms with Crippen molar-refractivity contribution in [2.75, 3.05) is 0 Å². The number of hydrogen-bond donors (Lipinski definition) is 1. The molecule has 0 saturated carbocycles. The Kier molecular flexibility index (Phi) is 4.32. The van der Waals surface area contributed by atoms with Crippen molar-refractivity contribution in [2.24, 2.45) is 7.05 Å². The number of nitrogens with zero attached hydrogens (tertiary/aromatic N) is 2. The zero-order valence-electron chi connectivity index (χ0n) is 13.8. The van der Waals surface area contributed by atoms with Gasteiger partial charge in [-0.05, 0) is 42.8 Å². The highest BCUT2D eigenvalue weighted by Crippen LogP contribution is 2.20. The van der Waals surface area contributed by atoms with Crippen LogP contribution in [0.4, 0.5) is 5.69 Å². The smallest absolute Gasteiger partial charge is 0.269 e. The highest BCUT2D eigenvalue weighted by atomic mass is 32.2. The van der Waals surface area contributed by atoms with Gasteiger partial charge in [-0.15, -0.1) is 0 Å². The van der Waals surface area contributed by atoms with Crippen molar-refractivity contribution in [3.05, 3.63) is 69.9 Å². The molecule has 0 unspecified atom stereocenters. The molecule has 1 N–H and O–H groups in total. The number of hydrogen-bond acceptors (Lipinski definition) is 4. The van der Waals surface area contributed by atoms with Gasteiger partial charge in [-0.25, -0.2) is 13.1 Å². The number of nitrogens with one attached hydrogen (secondary N) is 1. The lowest BCUT2D eigenvalue weighted by Gasteiger charge is -2.07. The van der Waals surface area contributed by atoms with E-state index in [-0.39, 0.29) is 17.1 Å². The summed E-state index contributed by atoms with van der Waals surface area (Å²) in [6, 6.07) is 12.6. The maximum Gasteiger partial charge on any atom is 0.269 e. The Morgan fingerprint density at radius 1 is 1.12 bits per heavy atom. The predicted octanol–water partition coefficient (Wildman–Crippen LogP) is 2.87. The van der Waals surface area contributed by atoms with E-state index in [2.05, 4.69) is 9.29 Å². The number of aromatic nitrogens is 1. The van der Waals surface area contributed by atoms with Gasteiger partial charge in [-0.3, -0.25) is 10.1 Å². The minimum atomic E-state index is -3.73. The Morgan fingerprint density at radius 2 is 1.80 bits per heavy atom. The lowest BCUT2D eigenvalue weighted by molar-refractivity contribution is -0.384. The molecular weight excluding hydrogens is 342 g/mol. The molecule has 0 bridgehead atoms. The van der Waals surface area contributed by atoms with Crippen LogP contribution in [0.3, 0.4) is 0 Å². The second kappa shape index (κ2) is 6.30. The summed E-state index contributed by atoms with van der Waals surface area (Å²) in [7, 11) is -1.75. The molecule has 0 atom stereocenters. The second-order valence-corrected chi connectivity index (χ2v) is 7.58. The molecule has 1 aromatic heterocycles. The quantitative estimate of drug-likeness (QED) is 0.560. The first-order valence-corrected chi connectivity index (χ1v) is 9.05. The Hall–Kier alpha value is -2.71. The lowest BCUT2D eigenvalue weighted by Crippen LogP contribution is -2.23. The van der Waals surface area contributed by atoms with E-state index in [4.69, 9.17) is 0 Å². The minimum absolute atomic E-state index is 0.00488. The fraction of sp³-hybridized carbons (Fsp3) is 0.176. The molecule has 0 aliphatic rings. The summed E-state index contributed by atoms with van der Waals surface area (Å²) in [5, 5.41) is 11.7. The zero-order chi connectivity index (χ0) is 18.2. The first-order chi connectivity index (χ1) is 11.8. The Morgan fingerprint density at radius 3 is 2.44 bits per heavy atom. The molecule has 3 aromatic rings. The number of benzene rings is 2. The molecule has 3 rings (SSSR count). The number of nitro benzene ring substituents is 1. The summed E-state index contributed by atoms with van der Waals surface area (Å²) in [6.45, 7) is 2.15. The normalized spacial score (nSPS) is 11.8. The fourth-order valence-corrected chi connectivity index (χ4v) is 3.67. The zero-order valence-corrected chi connectivity index (χ0v) is 14.6. The van der Waals surface area contributed by atoms with Crippen LogP contribution < -0.4 is 4.72 Å². The Bertz CT molecular complexity index is 1050. The topological polar surface area (TPSA) is 94.2 Å². The predicted molar refractivity (Wildman–Crippen MR) is 94.8 cm³/mol. The van der Waals surface area contributed by atoms with E-state index >= 15 is 0 Å². The third-order valence-electron chi connectivity index (χ3n) is 4.17. The third kappa shape index (κ3) is 3.40. The van der Waals surface area contributed by atoms with Gasteiger partial charge in [-0.2, -0.15) is 0 Å². The first kappa shape index (κ1) is 17.1. The van der Waals surface area contributed by atoms with Gasteiger partial charge in [0.2, 0.25) is 10.0 Å². The van der Waals surface area contributed by atoms with Crippen LogP contribution >= 0.6 is 0 Å². The van der Waals surface area contributed by atoms with Gasteiger partial charge in [0.25, 0.3) is 5.69 Å². The number of nitro groups is 1. The van der Waals surface area contributed by atoms with Crippen LogP contribution in [0.5, 0.6) is 0 Å². The molecule has 0 spiro atoms. The van der Waals surface area contributed by atoms with E-state index < -0.39 is 14.9 Å². The van der Waals surface area contributed by atoms with Crippen molar-refractivity contribution in [1.29, 1.82) is 0 Å². The Balaban J connectivity index is 1.78. The monoisotopic (exact) mass is 359 g/mol. The van der Waals surface area contributed by atoms with Crippen LogP contribution in [0.2, 0.25) is 0 Å². The van der Waals surface area contributed by atoms with Crippen LogP contribution in [-0.2, 0) is 23.6 Å². The van der Waals surface area contributed by atoms with Crippen molar-refractivity contribution in [3.63, 3.8) is 0 Å². The van der Waals surface area contributed by atoms with Gasteiger partial charge in [-0.1, -0.05) is 6.07 Å². The number of sulfonamides is 1. The molecule has 1 heterocycles. The summed E-state index contributed by atoms with van der Waals surface area (Å²) in [6.07, 6.45) is 0. The summed E-state index contributed by atoms with van der Waals surface area (Å²) < 4.78 is 29.2. The van der Waals surface area contributed by atoms with Gasteiger partial charge in [0, 0.05) is 42.3 Å². The van der Waals surface area contributed by atoms with E-state index in [1.807, 2.05) is 38.2 Å². The van der Waals surface area contributed by atoms with E-state index in [1.54, 1.807) is 0 Å². The van der Waals surface area contributed by atoms with Gasteiger partial charge < -0.3 is 4.57 Å². The molecule has 8 heteroatoms. The standard InChI is InChI=1S/C17H17N3O4S/c1-12-9-14-10-13(3-8-17(14)19(12)2)11-18-25(23,24)16-6-4-15(5-7-16)20(21)22/h3-10,18H,11H2,1-2H3. The molecule has 0 aliphatic carbocycles. The molecule has 0 saturated heterocycles. The number of non-ortho nitro benzene ring substituents is 1. The van der Waals surface area contributed by atoms with Crippen LogP contribution in [0, 0.1) is 17.0 Å². The summed E-state index contributed by atoms with van der Waals surface area (Å²) in [4.78, 5) is 10.1. The van der Waals surface area contributed by atoms with E-state index in [1.165, 1.54) is 24.3 Å². The molecule has 0 radical (unpaired) electrons. The SMILES string of the molecule is Cc1cc2cc(CNS(=O)(=O)c3ccc([N+](=O)[O-])cc3)ccc2n1C. The molecule has 2 aromatic carbocycles. The number of rotatable bonds is 5. The highest BCUT2D eigenvalue weighted by molar-refractivity contribution is 7.89. The summed E-state index contributed by atoms with van der Waals surface area (Å²) >= 11 is 0. The molecule has 0 aliphatic heterocycles. The van der Waals surface area contributed by atoms with E-state index in [9.17, 15) is 18.5 Å². The first-order valence-electron chi connectivity index (χ1n) is 7.57. The van der Waals surface area contributed by atoms with Crippen molar-refractivity contribution in [3.8, 4) is 0 Å². The van der Waals surface area contributed by atoms with Crippen molar-refractivity contribution in [2.45, 2.75) is 18.4 Å². The lowest BCUT2D eigenvalue weighted by atomic mass is 10.1. The van der Waals surface area contributed by atoms with Crippen LogP contribution in [-0.4, -0.2) is 17.9 Å². The number of aryl methyl sites for hydroxylation is 2. The fourth-order valence-electron chi connectivity index (χ4n) is 2.66. The maximum atomic E-state index is 12.3. The average Bonchev–Trinajstić information content (AvgIpc) is 2.87. The van der Waals surface area contributed by atoms with E-state index in [0.29, 0.717) is 0 Å². The second-order valence-electron chi connectivity index (χ2n) is 5.81. The van der Waals surface area contributed by atoms with Gasteiger partial charge in [0.1, 0.15) is 0 Å².